The number of oxazole rings is 1. The Morgan fingerprint density at radius 1 is 1.24 bits per heavy atom. The third kappa shape index (κ3) is 1.89. The Labute approximate surface area is 120 Å². The smallest absolute Gasteiger partial charge is 0.419 e. The zero-order valence-electron chi connectivity index (χ0n) is 11.3. The van der Waals surface area contributed by atoms with E-state index in [1.165, 1.54) is 0 Å². The van der Waals surface area contributed by atoms with Gasteiger partial charge in [0.25, 0.3) is 0 Å². The Bertz CT molecular complexity index is 879. The van der Waals surface area contributed by atoms with Gasteiger partial charge in [-0.2, -0.15) is 0 Å². The minimum atomic E-state index is -0.361. The fourth-order valence-electron chi connectivity index (χ4n) is 2.85. The molecule has 0 saturated heterocycles. The van der Waals surface area contributed by atoms with Gasteiger partial charge in [-0.3, -0.25) is 4.57 Å². The molecule has 1 aliphatic heterocycles. The van der Waals surface area contributed by atoms with Gasteiger partial charge in [-0.25, -0.2) is 4.79 Å². The van der Waals surface area contributed by atoms with E-state index in [0.29, 0.717) is 24.4 Å². The van der Waals surface area contributed by atoms with Crippen LogP contribution in [0.25, 0.3) is 11.1 Å². The van der Waals surface area contributed by atoms with E-state index >= 15 is 0 Å². The quantitative estimate of drug-likeness (QED) is 0.732. The number of nitrogens with zero attached hydrogens (tertiary/aromatic N) is 1. The summed E-state index contributed by atoms with van der Waals surface area (Å²) in [7, 11) is 0. The lowest BCUT2D eigenvalue weighted by atomic mass is 10.0. The Balaban J connectivity index is 1.77. The fraction of sp³-hybridized carbons (Fsp3) is 0.188. The lowest BCUT2D eigenvalue weighted by Crippen LogP contribution is -2.19. The Hall–Kier alpha value is -2.69. The summed E-state index contributed by atoms with van der Waals surface area (Å²) in [5.74, 6) is 0.670. The maximum Gasteiger partial charge on any atom is 0.419 e. The summed E-state index contributed by atoms with van der Waals surface area (Å²) in [6.07, 6.45) is 0. The van der Waals surface area contributed by atoms with Crippen molar-refractivity contribution in [3.63, 3.8) is 0 Å². The van der Waals surface area contributed by atoms with E-state index in [9.17, 15) is 4.79 Å². The van der Waals surface area contributed by atoms with Crippen LogP contribution in [-0.4, -0.2) is 11.2 Å². The van der Waals surface area contributed by atoms with E-state index in [1.54, 1.807) is 22.8 Å². The van der Waals surface area contributed by atoms with Crippen LogP contribution in [0.4, 0.5) is 5.69 Å². The first-order valence-corrected chi connectivity index (χ1v) is 6.83. The molecular weight excluding hydrogens is 268 g/mol. The predicted octanol–water partition coefficient (Wildman–Crippen LogP) is 2.35. The van der Waals surface area contributed by atoms with Gasteiger partial charge in [-0.05, 0) is 24.3 Å². The van der Waals surface area contributed by atoms with Crippen LogP contribution in [-0.2, 0) is 6.54 Å². The molecule has 0 bridgehead atoms. The summed E-state index contributed by atoms with van der Waals surface area (Å²) < 4.78 is 12.6. The van der Waals surface area contributed by atoms with Crippen molar-refractivity contribution in [1.82, 2.24) is 4.57 Å². The summed E-state index contributed by atoms with van der Waals surface area (Å²) in [5, 5.41) is 0. The highest BCUT2D eigenvalue weighted by Gasteiger charge is 2.25. The van der Waals surface area contributed by atoms with Gasteiger partial charge >= 0.3 is 5.76 Å². The van der Waals surface area contributed by atoms with E-state index < -0.39 is 0 Å². The zero-order valence-corrected chi connectivity index (χ0v) is 11.3. The minimum absolute atomic E-state index is 0.140. The molecule has 0 radical (unpaired) electrons. The summed E-state index contributed by atoms with van der Waals surface area (Å²) in [5.41, 5.74) is 8.83. The highest BCUT2D eigenvalue weighted by atomic mass is 16.5. The van der Waals surface area contributed by atoms with Gasteiger partial charge in [-0.1, -0.05) is 18.2 Å². The number of nitrogen functional groups attached to an aromatic ring is 1. The number of hydrogen-bond acceptors (Lipinski definition) is 4. The second kappa shape index (κ2) is 4.41. The van der Waals surface area contributed by atoms with Crippen molar-refractivity contribution in [2.24, 2.45) is 0 Å². The van der Waals surface area contributed by atoms with E-state index in [0.717, 1.165) is 16.8 Å². The van der Waals surface area contributed by atoms with Gasteiger partial charge < -0.3 is 14.9 Å². The van der Waals surface area contributed by atoms with E-state index in [2.05, 4.69) is 0 Å². The molecule has 0 spiro atoms. The number of anilines is 1. The van der Waals surface area contributed by atoms with Crippen LogP contribution in [0, 0.1) is 0 Å². The molecule has 0 saturated carbocycles. The molecule has 2 heterocycles. The lowest BCUT2D eigenvalue weighted by Gasteiger charge is -2.09. The van der Waals surface area contributed by atoms with Crippen LogP contribution in [0.2, 0.25) is 0 Å². The average Bonchev–Trinajstić information content (AvgIpc) is 3.02. The lowest BCUT2D eigenvalue weighted by molar-refractivity contribution is 0.316. The van der Waals surface area contributed by atoms with E-state index in [1.807, 2.05) is 24.3 Å². The van der Waals surface area contributed by atoms with Crippen molar-refractivity contribution >= 4 is 16.8 Å². The fourth-order valence-corrected chi connectivity index (χ4v) is 2.85. The number of benzene rings is 2. The van der Waals surface area contributed by atoms with E-state index in [4.69, 9.17) is 14.9 Å². The number of hydrogen-bond donors (Lipinski definition) is 1. The minimum Gasteiger partial charge on any atom is -0.493 e. The average molecular weight is 282 g/mol. The van der Waals surface area contributed by atoms with Gasteiger partial charge in [0.2, 0.25) is 0 Å². The molecule has 1 aromatic heterocycles. The Morgan fingerprint density at radius 3 is 3.00 bits per heavy atom. The molecular formula is C16H14N2O3. The SMILES string of the molecule is Nc1ccc2oc(=O)n(CC3COc4ccccc43)c2c1. The second-order valence-electron chi connectivity index (χ2n) is 5.25. The molecule has 2 N–H and O–H groups in total. The molecule has 5 heteroatoms. The predicted molar refractivity (Wildman–Crippen MR) is 79.6 cm³/mol. The standard InChI is InChI=1S/C16H14N2O3/c17-11-5-6-15-13(7-11)18(16(19)21-15)8-10-9-20-14-4-2-1-3-12(10)14/h1-7,10H,8-9,17H2. The number of para-hydroxylation sites is 1. The van der Waals surface area contributed by atoms with Gasteiger partial charge in [-0.15, -0.1) is 0 Å². The van der Waals surface area contributed by atoms with Crippen LogP contribution in [0.1, 0.15) is 11.5 Å². The maximum absolute atomic E-state index is 12.1. The van der Waals surface area contributed by atoms with Crippen molar-refractivity contribution in [2.45, 2.75) is 12.5 Å². The van der Waals surface area contributed by atoms with Crippen molar-refractivity contribution in [2.75, 3.05) is 12.3 Å². The van der Waals surface area contributed by atoms with Gasteiger partial charge in [0.15, 0.2) is 5.58 Å². The molecule has 21 heavy (non-hydrogen) atoms. The summed E-state index contributed by atoms with van der Waals surface area (Å²) >= 11 is 0. The largest absolute Gasteiger partial charge is 0.493 e. The summed E-state index contributed by atoms with van der Waals surface area (Å²) in [6.45, 7) is 1.09. The molecule has 5 nitrogen and oxygen atoms in total. The number of ether oxygens (including phenoxy) is 1. The zero-order chi connectivity index (χ0) is 14.4. The normalized spacial score (nSPS) is 16.9. The van der Waals surface area contributed by atoms with Crippen molar-refractivity contribution < 1.29 is 9.15 Å². The summed E-state index contributed by atoms with van der Waals surface area (Å²) in [4.78, 5) is 12.1. The maximum atomic E-state index is 12.1. The second-order valence-corrected chi connectivity index (χ2v) is 5.25. The van der Waals surface area contributed by atoms with Crippen LogP contribution in [0.3, 0.4) is 0 Å². The molecule has 0 fully saturated rings. The topological polar surface area (TPSA) is 70.4 Å². The first-order chi connectivity index (χ1) is 10.2. The molecule has 1 atom stereocenters. The number of nitrogens with two attached hydrogens (primary N) is 1. The molecule has 1 aliphatic rings. The molecule has 1 unspecified atom stereocenters. The van der Waals surface area contributed by atoms with Crippen LogP contribution in [0.15, 0.2) is 51.7 Å². The third-order valence-electron chi connectivity index (χ3n) is 3.89. The van der Waals surface area contributed by atoms with Gasteiger partial charge in [0.1, 0.15) is 5.75 Å². The Kier molecular flexibility index (Phi) is 2.54. The number of aromatic nitrogens is 1. The van der Waals surface area contributed by atoms with Crippen molar-refractivity contribution in [3.8, 4) is 5.75 Å². The van der Waals surface area contributed by atoms with Crippen LogP contribution < -0.4 is 16.2 Å². The highest BCUT2D eigenvalue weighted by Crippen LogP contribution is 2.34. The van der Waals surface area contributed by atoms with E-state index in [-0.39, 0.29) is 11.7 Å². The van der Waals surface area contributed by atoms with Gasteiger partial charge in [0.05, 0.1) is 12.1 Å². The molecule has 4 rings (SSSR count). The van der Waals surface area contributed by atoms with Gasteiger partial charge in [0, 0.05) is 23.7 Å². The molecule has 106 valence electrons. The van der Waals surface area contributed by atoms with Crippen LogP contribution >= 0.6 is 0 Å². The van der Waals surface area contributed by atoms with Crippen molar-refractivity contribution in [1.29, 1.82) is 0 Å². The molecule has 2 aromatic carbocycles. The van der Waals surface area contributed by atoms with Crippen molar-refractivity contribution in [3.05, 3.63) is 58.6 Å². The highest BCUT2D eigenvalue weighted by molar-refractivity contribution is 5.77. The third-order valence-corrected chi connectivity index (χ3v) is 3.89. The monoisotopic (exact) mass is 282 g/mol. The van der Waals surface area contributed by atoms with Crippen LogP contribution in [0.5, 0.6) is 5.75 Å². The first kappa shape index (κ1) is 12.1. The number of rotatable bonds is 2. The number of fused-ring (bicyclic) bond motifs is 2. The first-order valence-electron chi connectivity index (χ1n) is 6.83. The molecule has 0 amide bonds. The summed E-state index contributed by atoms with van der Waals surface area (Å²) in [6, 6.07) is 13.1. The molecule has 0 aliphatic carbocycles. The molecule has 3 aromatic rings. The Morgan fingerprint density at radius 2 is 2.10 bits per heavy atom.